The fourth-order valence-corrected chi connectivity index (χ4v) is 2.59. The fourth-order valence-electron chi connectivity index (χ4n) is 2.34. The van der Waals surface area contributed by atoms with Gasteiger partial charge in [0.1, 0.15) is 5.75 Å². The summed E-state index contributed by atoms with van der Waals surface area (Å²) in [5.41, 5.74) is 0. The molecule has 0 radical (unpaired) electrons. The van der Waals surface area contributed by atoms with Gasteiger partial charge in [-0.05, 0) is 50.8 Å². The van der Waals surface area contributed by atoms with E-state index in [1.165, 1.54) is 12.8 Å². The van der Waals surface area contributed by atoms with Gasteiger partial charge in [-0.2, -0.15) is 0 Å². The first-order valence-corrected chi connectivity index (χ1v) is 7.33. The largest absolute Gasteiger partial charge is 0.494 e. The van der Waals surface area contributed by atoms with Gasteiger partial charge in [0.05, 0.1) is 6.61 Å². The highest BCUT2D eigenvalue weighted by atomic mass is 35.5. The molecule has 2 nitrogen and oxygen atoms in total. The van der Waals surface area contributed by atoms with Crippen molar-refractivity contribution in [3.8, 4) is 5.75 Å². The molecule has 0 spiro atoms. The molecule has 1 fully saturated rings. The first-order chi connectivity index (χ1) is 8.84. The van der Waals surface area contributed by atoms with Crippen LogP contribution in [0.25, 0.3) is 0 Å². The summed E-state index contributed by atoms with van der Waals surface area (Å²) in [6.45, 7) is 1.81. The normalized spacial score (nSPS) is 23.8. The summed E-state index contributed by atoms with van der Waals surface area (Å²) < 4.78 is 5.65. The summed E-state index contributed by atoms with van der Waals surface area (Å²) in [5.74, 6) is 0.958. The van der Waals surface area contributed by atoms with Crippen LogP contribution in [0.1, 0.15) is 32.1 Å². The van der Waals surface area contributed by atoms with E-state index in [1.54, 1.807) is 0 Å². The van der Waals surface area contributed by atoms with Crippen LogP contribution < -0.4 is 10.1 Å². The van der Waals surface area contributed by atoms with Crippen LogP contribution in [0.3, 0.4) is 0 Å². The Hall–Kier alpha value is -0.730. The molecule has 0 heterocycles. The smallest absolute Gasteiger partial charge is 0.119 e. The van der Waals surface area contributed by atoms with Gasteiger partial charge < -0.3 is 10.1 Å². The number of nitrogens with one attached hydrogen (secondary N) is 1. The fraction of sp³-hybridized carbons (Fsp3) is 0.600. The maximum absolute atomic E-state index is 6.09. The van der Waals surface area contributed by atoms with E-state index in [1.807, 2.05) is 30.3 Å². The molecule has 0 saturated heterocycles. The highest BCUT2D eigenvalue weighted by molar-refractivity contribution is 6.20. The SMILES string of the molecule is ClC1CCC(NCCCOc2ccccc2)CC1. The first kappa shape index (κ1) is 13.7. The van der Waals surface area contributed by atoms with Gasteiger partial charge in [-0.1, -0.05) is 18.2 Å². The van der Waals surface area contributed by atoms with Crippen molar-refractivity contribution in [2.45, 2.75) is 43.5 Å². The van der Waals surface area contributed by atoms with E-state index in [-0.39, 0.29) is 0 Å². The van der Waals surface area contributed by atoms with Crippen molar-refractivity contribution < 1.29 is 4.74 Å². The molecule has 100 valence electrons. The van der Waals surface area contributed by atoms with E-state index >= 15 is 0 Å². The van der Waals surface area contributed by atoms with Gasteiger partial charge in [-0.15, -0.1) is 11.6 Å². The highest BCUT2D eigenvalue weighted by Crippen LogP contribution is 2.22. The van der Waals surface area contributed by atoms with Crippen LogP contribution in [-0.4, -0.2) is 24.6 Å². The second-order valence-corrected chi connectivity index (χ2v) is 5.54. The molecule has 1 saturated carbocycles. The standard InChI is InChI=1S/C15H22ClNO/c16-13-7-9-14(10-8-13)17-11-4-12-18-15-5-2-1-3-6-15/h1-3,5-6,13-14,17H,4,7-12H2. The highest BCUT2D eigenvalue weighted by Gasteiger charge is 2.18. The van der Waals surface area contributed by atoms with Gasteiger partial charge in [-0.25, -0.2) is 0 Å². The topological polar surface area (TPSA) is 21.3 Å². The van der Waals surface area contributed by atoms with E-state index in [4.69, 9.17) is 16.3 Å². The molecule has 0 atom stereocenters. The third kappa shape index (κ3) is 4.87. The van der Waals surface area contributed by atoms with Crippen LogP contribution in [-0.2, 0) is 0 Å². The predicted molar refractivity (Wildman–Crippen MR) is 76.5 cm³/mol. The lowest BCUT2D eigenvalue weighted by molar-refractivity contribution is 0.297. The van der Waals surface area contributed by atoms with Gasteiger partial charge in [-0.3, -0.25) is 0 Å². The zero-order valence-corrected chi connectivity index (χ0v) is 11.5. The molecule has 3 heteroatoms. The van der Waals surface area contributed by atoms with Crippen molar-refractivity contribution in [2.75, 3.05) is 13.2 Å². The number of ether oxygens (including phenoxy) is 1. The quantitative estimate of drug-likeness (QED) is 0.628. The number of halogens is 1. The Kier molecular flexibility index (Phi) is 5.82. The van der Waals surface area contributed by atoms with Crippen LogP contribution in [0.2, 0.25) is 0 Å². The van der Waals surface area contributed by atoms with Gasteiger partial charge in [0.15, 0.2) is 0 Å². The van der Waals surface area contributed by atoms with Crippen LogP contribution in [0.4, 0.5) is 0 Å². The number of rotatable bonds is 6. The first-order valence-electron chi connectivity index (χ1n) is 6.90. The van der Waals surface area contributed by atoms with Crippen molar-refractivity contribution in [1.82, 2.24) is 5.32 Å². The van der Waals surface area contributed by atoms with Crippen LogP contribution >= 0.6 is 11.6 Å². The second-order valence-electron chi connectivity index (χ2n) is 4.92. The lowest BCUT2D eigenvalue weighted by Gasteiger charge is -2.25. The molecule has 1 aliphatic rings. The maximum atomic E-state index is 6.09. The van der Waals surface area contributed by atoms with E-state index in [0.29, 0.717) is 11.4 Å². The number of para-hydroxylation sites is 1. The summed E-state index contributed by atoms with van der Waals surface area (Å²) >= 11 is 6.09. The average Bonchev–Trinajstić information content (AvgIpc) is 2.42. The Morgan fingerprint density at radius 2 is 1.83 bits per heavy atom. The number of hydrogen-bond acceptors (Lipinski definition) is 2. The molecule has 1 N–H and O–H groups in total. The van der Waals surface area contributed by atoms with Gasteiger partial charge in [0, 0.05) is 11.4 Å². The molecule has 0 unspecified atom stereocenters. The van der Waals surface area contributed by atoms with Crippen molar-refractivity contribution in [3.63, 3.8) is 0 Å². The second kappa shape index (κ2) is 7.65. The Bertz CT molecular complexity index is 323. The molecule has 1 aliphatic carbocycles. The Labute approximate surface area is 115 Å². The maximum Gasteiger partial charge on any atom is 0.119 e. The lowest BCUT2D eigenvalue weighted by Crippen LogP contribution is -2.34. The number of hydrogen-bond donors (Lipinski definition) is 1. The molecule has 18 heavy (non-hydrogen) atoms. The van der Waals surface area contributed by atoms with E-state index < -0.39 is 0 Å². The zero-order chi connectivity index (χ0) is 12.6. The summed E-state index contributed by atoms with van der Waals surface area (Å²) in [6.07, 6.45) is 5.79. The number of benzene rings is 1. The molecule has 0 bridgehead atoms. The van der Waals surface area contributed by atoms with Crippen LogP contribution in [0.5, 0.6) is 5.75 Å². The van der Waals surface area contributed by atoms with E-state index in [0.717, 1.165) is 38.2 Å². The van der Waals surface area contributed by atoms with Gasteiger partial charge in [0.25, 0.3) is 0 Å². The summed E-state index contributed by atoms with van der Waals surface area (Å²) in [5, 5.41) is 4.00. The molecular weight excluding hydrogens is 246 g/mol. The van der Waals surface area contributed by atoms with Crippen molar-refractivity contribution in [1.29, 1.82) is 0 Å². The summed E-state index contributed by atoms with van der Waals surface area (Å²) in [6, 6.07) is 10.7. The molecular formula is C15H22ClNO. The molecule has 0 amide bonds. The van der Waals surface area contributed by atoms with Crippen molar-refractivity contribution >= 4 is 11.6 Å². The van der Waals surface area contributed by atoms with Crippen LogP contribution in [0, 0.1) is 0 Å². The Morgan fingerprint density at radius 3 is 2.56 bits per heavy atom. The minimum absolute atomic E-state index is 0.407. The molecule has 0 aromatic heterocycles. The third-order valence-electron chi connectivity index (χ3n) is 3.42. The van der Waals surface area contributed by atoms with E-state index in [9.17, 15) is 0 Å². The average molecular weight is 268 g/mol. The van der Waals surface area contributed by atoms with Gasteiger partial charge in [0.2, 0.25) is 0 Å². The minimum atomic E-state index is 0.407. The predicted octanol–water partition coefficient (Wildman–Crippen LogP) is 3.60. The zero-order valence-electron chi connectivity index (χ0n) is 10.8. The summed E-state index contributed by atoms with van der Waals surface area (Å²) in [7, 11) is 0. The van der Waals surface area contributed by atoms with E-state index in [2.05, 4.69) is 5.32 Å². The van der Waals surface area contributed by atoms with Crippen molar-refractivity contribution in [2.24, 2.45) is 0 Å². The molecule has 0 aliphatic heterocycles. The summed E-state index contributed by atoms with van der Waals surface area (Å²) in [4.78, 5) is 0. The molecule has 2 rings (SSSR count). The molecule has 1 aromatic rings. The molecule has 1 aromatic carbocycles. The number of alkyl halides is 1. The van der Waals surface area contributed by atoms with Gasteiger partial charge >= 0.3 is 0 Å². The monoisotopic (exact) mass is 267 g/mol. The third-order valence-corrected chi connectivity index (χ3v) is 3.86. The van der Waals surface area contributed by atoms with Crippen LogP contribution in [0.15, 0.2) is 30.3 Å². The lowest BCUT2D eigenvalue weighted by atomic mass is 9.95. The Balaban J connectivity index is 1.51. The van der Waals surface area contributed by atoms with Crippen molar-refractivity contribution in [3.05, 3.63) is 30.3 Å². The minimum Gasteiger partial charge on any atom is -0.494 e. The Morgan fingerprint density at radius 1 is 1.11 bits per heavy atom.